The summed E-state index contributed by atoms with van der Waals surface area (Å²) >= 11 is 7.18. The van der Waals surface area contributed by atoms with Gasteiger partial charge in [0.15, 0.2) is 0 Å². The third-order valence-corrected chi connectivity index (χ3v) is 5.42. The molecule has 0 unspecified atom stereocenters. The molecule has 1 aliphatic carbocycles. The fraction of sp³-hybridized carbons (Fsp3) is 0. The van der Waals surface area contributed by atoms with Crippen molar-refractivity contribution in [2.45, 2.75) is 0 Å². The van der Waals surface area contributed by atoms with Crippen LogP contribution in [0.5, 0.6) is 0 Å². The molecule has 104 valence electrons. The van der Waals surface area contributed by atoms with Gasteiger partial charge >= 0.3 is 0 Å². The molecule has 0 N–H and O–H groups in total. The number of fused-ring (bicyclic) bond motifs is 4. The van der Waals surface area contributed by atoms with Crippen molar-refractivity contribution >= 4 is 53.7 Å². The van der Waals surface area contributed by atoms with E-state index in [0.717, 1.165) is 31.4 Å². The number of hydrogen-bond donors (Lipinski definition) is 0. The van der Waals surface area contributed by atoms with Crippen molar-refractivity contribution in [3.8, 4) is 22.5 Å². The van der Waals surface area contributed by atoms with Crippen LogP contribution in [0.1, 0.15) is 0 Å². The average Bonchev–Trinajstić information content (AvgIpc) is 2.86. The van der Waals surface area contributed by atoms with Crippen molar-refractivity contribution in [2.75, 3.05) is 0 Å². The fourth-order valence-electron chi connectivity index (χ4n) is 3.18. The largest absolute Gasteiger partial charge is 0.243 e. The summed E-state index contributed by atoms with van der Waals surface area (Å²) in [5.74, 6) is 0. The van der Waals surface area contributed by atoms with Crippen LogP contribution < -0.4 is 0 Å². The third kappa shape index (κ3) is 1.54. The zero-order valence-corrected chi connectivity index (χ0v) is 14.4. The van der Waals surface area contributed by atoms with Crippen LogP contribution in [0.3, 0.4) is 0 Å². The molecule has 0 spiro atoms. The second kappa shape index (κ2) is 4.37. The number of hydrogen-bond acceptors (Lipinski definition) is 2. The van der Waals surface area contributed by atoms with Crippen molar-refractivity contribution in [3.63, 3.8) is 0 Å². The number of rotatable bonds is 0. The van der Waals surface area contributed by atoms with E-state index in [1.807, 2.05) is 12.1 Å². The minimum absolute atomic E-state index is 0.887. The maximum atomic E-state index is 4.92. The molecule has 3 aromatic carbocycles. The first-order chi connectivity index (χ1) is 10.7. The van der Waals surface area contributed by atoms with Crippen molar-refractivity contribution < 1.29 is 0 Å². The SMILES string of the molecule is Brc1ccc(Br)c2nc3c(nc12)-c1cccc2cccc-3c12. The first-order valence-electron chi connectivity index (χ1n) is 6.92. The highest BCUT2D eigenvalue weighted by Gasteiger charge is 2.25. The Kier molecular flexibility index (Phi) is 2.53. The highest BCUT2D eigenvalue weighted by Crippen LogP contribution is 2.46. The average molecular weight is 412 g/mol. The van der Waals surface area contributed by atoms with E-state index in [1.54, 1.807) is 0 Å². The summed E-state index contributed by atoms with van der Waals surface area (Å²) in [6.07, 6.45) is 0. The van der Waals surface area contributed by atoms with Crippen LogP contribution in [0, 0.1) is 0 Å². The lowest BCUT2D eigenvalue weighted by atomic mass is 10.0. The van der Waals surface area contributed by atoms with Gasteiger partial charge < -0.3 is 0 Å². The van der Waals surface area contributed by atoms with Gasteiger partial charge in [-0.2, -0.15) is 0 Å². The Balaban J connectivity index is 2.01. The second-order valence-corrected chi connectivity index (χ2v) is 7.07. The summed E-state index contributed by atoms with van der Waals surface area (Å²) in [4.78, 5) is 9.83. The Morgan fingerprint density at radius 2 is 1.14 bits per heavy atom. The number of aromatic nitrogens is 2. The lowest BCUT2D eigenvalue weighted by Crippen LogP contribution is -1.92. The minimum atomic E-state index is 0.887. The molecule has 0 atom stereocenters. The summed E-state index contributed by atoms with van der Waals surface area (Å²) in [7, 11) is 0. The molecule has 1 aliphatic rings. The Morgan fingerprint density at radius 3 is 1.64 bits per heavy atom. The molecule has 22 heavy (non-hydrogen) atoms. The molecule has 1 heterocycles. The first-order valence-corrected chi connectivity index (χ1v) is 8.51. The lowest BCUT2D eigenvalue weighted by Gasteiger charge is -2.06. The van der Waals surface area contributed by atoms with Crippen LogP contribution >= 0.6 is 31.9 Å². The van der Waals surface area contributed by atoms with Crippen LogP contribution in [-0.4, -0.2) is 9.97 Å². The molecule has 1 aromatic heterocycles. The molecule has 5 rings (SSSR count). The normalized spacial score (nSPS) is 12.1. The van der Waals surface area contributed by atoms with Gasteiger partial charge in [0.25, 0.3) is 0 Å². The van der Waals surface area contributed by atoms with Gasteiger partial charge in [0.1, 0.15) is 11.0 Å². The van der Waals surface area contributed by atoms with Gasteiger partial charge in [-0.05, 0) is 49.4 Å². The Hall–Kier alpha value is -1.78. The van der Waals surface area contributed by atoms with Crippen LogP contribution in [0.4, 0.5) is 0 Å². The van der Waals surface area contributed by atoms with Gasteiger partial charge in [-0.3, -0.25) is 0 Å². The maximum absolute atomic E-state index is 4.92. The minimum Gasteiger partial charge on any atom is -0.243 e. The van der Waals surface area contributed by atoms with E-state index in [9.17, 15) is 0 Å². The Morgan fingerprint density at radius 1 is 0.636 bits per heavy atom. The standard InChI is InChI=1S/C18H8Br2N2/c19-12-7-8-13(20)18-17(12)21-15-10-5-1-3-9-4-2-6-11(14(9)10)16(15)22-18/h1-8H. The topological polar surface area (TPSA) is 25.8 Å². The van der Waals surface area contributed by atoms with Crippen LogP contribution in [0.15, 0.2) is 57.5 Å². The molecule has 0 fully saturated rings. The molecule has 0 radical (unpaired) electrons. The first kappa shape index (κ1) is 12.7. The molecule has 4 aromatic rings. The van der Waals surface area contributed by atoms with E-state index in [2.05, 4.69) is 68.3 Å². The molecular formula is C18H8Br2N2. The van der Waals surface area contributed by atoms with E-state index in [0.29, 0.717) is 0 Å². The quantitative estimate of drug-likeness (QED) is 0.314. The van der Waals surface area contributed by atoms with Crippen molar-refractivity contribution in [3.05, 3.63) is 57.5 Å². The molecule has 0 saturated heterocycles. The van der Waals surface area contributed by atoms with Gasteiger partial charge in [-0.25, -0.2) is 9.97 Å². The Bertz CT molecular complexity index is 1020. The monoisotopic (exact) mass is 410 g/mol. The second-order valence-electron chi connectivity index (χ2n) is 5.36. The predicted molar refractivity (Wildman–Crippen MR) is 96.9 cm³/mol. The van der Waals surface area contributed by atoms with Crippen LogP contribution in [0.25, 0.3) is 44.3 Å². The van der Waals surface area contributed by atoms with E-state index in [-0.39, 0.29) is 0 Å². The van der Waals surface area contributed by atoms with Gasteiger partial charge in [-0.1, -0.05) is 36.4 Å². The summed E-state index contributed by atoms with van der Waals surface area (Å²) < 4.78 is 1.92. The fourth-order valence-corrected chi connectivity index (χ4v) is 4.00. The molecule has 0 saturated carbocycles. The van der Waals surface area contributed by atoms with Crippen molar-refractivity contribution in [2.24, 2.45) is 0 Å². The van der Waals surface area contributed by atoms with Gasteiger partial charge in [0.05, 0.1) is 11.4 Å². The van der Waals surface area contributed by atoms with Crippen molar-refractivity contribution in [1.82, 2.24) is 9.97 Å². The number of benzene rings is 3. The van der Waals surface area contributed by atoms with Crippen molar-refractivity contribution in [1.29, 1.82) is 0 Å². The van der Waals surface area contributed by atoms with E-state index in [1.165, 1.54) is 21.9 Å². The van der Waals surface area contributed by atoms with Crippen LogP contribution in [0.2, 0.25) is 0 Å². The summed E-state index contributed by atoms with van der Waals surface area (Å²) in [6.45, 7) is 0. The van der Waals surface area contributed by atoms with E-state index in [4.69, 9.17) is 9.97 Å². The summed E-state index contributed by atoms with van der Waals surface area (Å²) in [5, 5.41) is 2.49. The molecule has 0 aliphatic heterocycles. The summed E-state index contributed by atoms with van der Waals surface area (Å²) in [6, 6.07) is 16.7. The maximum Gasteiger partial charge on any atom is 0.105 e. The zero-order chi connectivity index (χ0) is 14.8. The lowest BCUT2D eigenvalue weighted by molar-refractivity contribution is 1.30. The molecule has 2 nitrogen and oxygen atoms in total. The molecule has 4 heteroatoms. The van der Waals surface area contributed by atoms with Gasteiger partial charge in [-0.15, -0.1) is 0 Å². The predicted octanol–water partition coefficient (Wildman–Crippen LogP) is 5.96. The van der Waals surface area contributed by atoms with Gasteiger partial charge in [0.2, 0.25) is 0 Å². The van der Waals surface area contributed by atoms with Crippen LogP contribution in [-0.2, 0) is 0 Å². The van der Waals surface area contributed by atoms with E-state index < -0.39 is 0 Å². The van der Waals surface area contributed by atoms with Gasteiger partial charge in [0, 0.05) is 25.5 Å². The number of halogens is 2. The molecular weight excluding hydrogens is 404 g/mol. The van der Waals surface area contributed by atoms with E-state index >= 15 is 0 Å². The smallest absolute Gasteiger partial charge is 0.105 e. The highest BCUT2D eigenvalue weighted by atomic mass is 79.9. The third-order valence-electron chi connectivity index (χ3n) is 4.14. The summed E-state index contributed by atoms with van der Waals surface area (Å²) in [5.41, 5.74) is 6.06. The number of nitrogens with zero attached hydrogens (tertiary/aromatic N) is 2. The molecule has 0 amide bonds. The zero-order valence-electron chi connectivity index (χ0n) is 11.3. The highest BCUT2D eigenvalue weighted by molar-refractivity contribution is 9.11. The Labute approximate surface area is 143 Å². The molecule has 0 bridgehead atoms.